The highest BCUT2D eigenvalue weighted by Gasteiger charge is 2.40. The van der Waals surface area contributed by atoms with Gasteiger partial charge in [-0.05, 0) is 54.5 Å². The molecule has 2 heterocycles. The van der Waals surface area contributed by atoms with Crippen LogP contribution in [-0.2, 0) is 4.74 Å². The van der Waals surface area contributed by atoms with Crippen molar-refractivity contribution in [1.29, 1.82) is 0 Å². The number of anilines is 1. The Morgan fingerprint density at radius 3 is 2.92 bits per heavy atom. The Bertz CT molecular complexity index is 759. The second-order valence-corrected chi connectivity index (χ2v) is 7.43. The molecule has 25 heavy (non-hydrogen) atoms. The SMILES string of the molecule is CCC(C)c1ccc2c(c1)C1OCCCC1C(c1cccc(F)c1)N2. The molecule has 2 aromatic carbocycles. The summed E-state index contributed by atoms with van der Waals surface area (Å²) in [5, 5.41) is 3.68. The van der Waals surface area contributed by atoms with Gasteiger partial charge in [0.2, 0.25) is 0 Å². The van der Waals surface area contributed by atoms with Gasteiger partial charge in [0.05, 0.1) is 12.1 Å². The van der Waals surface area contributed by atoms with Crippen LogP contribution in [0.15, 0.2) is 42.5 Å². The summed E-state index contributed by atoms with van der Waals surface area (Å²) in [4.78, 5) is 0. The molecule has 0 radical (unpaired) electrons. The molecule has 2 aromatic rings. The standard InChI is InChI=1S/C22H26FNO/c1-3-14(2)15-9-10-20-19(13-15)22-18(8-5-11-25-22)21(24-20)16-6-4-7-17(23)12-16/h4,6-7,9-10,12-14,18,21-22,24H,3,5,8,11H2,1-2H3. The molecule has 2 aliphatic heterocycles. The van der Waals surface area contributed by atoms with Crippen LogP contribution in [0.5, 0.6) is 0 Å². The summed E-state index contributed by atoms with van der Waals surface area (Å²) in [6.07, 6.45) is 3.40. The molecule has 1 N–H and O–H groups in total. The van der Waals surface area contributed by atoms with Crippen molar-refractivity contribution in [2.24, 2.45) is 5.92 Å². The van der Waals surface area contributed by atoms with Gasteiger partial charge in [-0.15, -0.1) is 0 Å². The first kappa shape index (κ1) is 16.6. The summed E-state index contributed by atoms with van der Waals surface area (Å²) in [6.45, 7) is 5.30. The van der Waals surface area contributed by atoms with Crippen LogP contribution < -0.4 is 5.32 Å². The summed E-state index contributed by atoms with van der Waals surface area (Å²) < 4.78 is 20.0. The average Bonchev–Trinajstić information content (AvgIpc) is 2.66. The summed E-state index contributed by atoms with van der Waals surface area (Å²) in [5.41, 5.74) is 4.79. The van der Waals surface area contributed by atoms with Crippen molar-refractivity contribution in [3.63, 3.8) is 0 Å². The fourth-order valence-electron chi connectivity index (χ4n) is 4.26. The molecule has 0 saturated carbocycles. The minimum absolute atomic E-state index is 0.0993. The maximum atomic E-state index is 13.8. The van der Waals surface area contributed by atoms with E-state index < -0.39 is 0 Å². The van der Waals surface area contributed by atoms with Crippen LogP contribution in [0.3, 0.4) is 0 Å². The van der Waals surface area contributed by atoms with Crippen molar-refractivity contribution >= 4 is 5.69 Å². The van der Waals surface area contributed by atoms with Crippen molar-refractivity contribution in [3.05, 3.63) is 65.0 Å². The highest BCUT2D eigenvalue weighted by atomic mass is 19.1. The smallest absolute Gasteiger partial charge is 0.123 e. The van der Waals surface area contributed by atoms with Gasteiger partial charge in [-0.25, -0.2) is 4.39 Å². The largest absolute Gasteiger partial charge is 0.378 e. The Labute approximate surface area is 149 Å². The van der Waals surface area contributed by atoms with Crippen LogP contribution in [0.4, 0.5) is 10.1 Å². The molecule has 132 valence electrons. The quantitative estimate of drug-likeness (QED) is 0.743. The summed E-state index contributed by atoms with van der Waals surface area (Å²) in [5.74, 6) is 0.717. The molecule has 0 bridgehead atoms. The first-order valence-corrected chi connectivity index (χ1v) is 9.45. The Morgan fingerprint density at radius 2 is 2.12 bits per heavy atom. The van der Waals surface area contributed by atoms with Crippen molar-refractivity contribution in [2.75, 3.05) is 11.9 Å². The number of hydrogen-bond donors (Lipinski definition) is 1. The van der Waals surface area contributed by atoms with Crippen LogP contribution in [0, 0.1) is 11.7 Å². The molecule has 4 unspecified atom stereocenters. The van der Waals surface area contributed by atoms with Gasteiger partial charge in [0.1, 0.15) is 5.82 Å². The highest BCUT2D eigenvalue weighted by Crippen LogP contribution is 2.49. The molecule has 0 amide bonds. The fourth-order valence-corrected chi connectivity index (χ4v) is 4.26. The minimum Gasteiger partial charge on any atom is -0.378 e. The molecular weight excluding hydrogens is 313 g/mol. The van der Waals surface area contributed by atoms with E-state index in [0.717, 1.165) is 37.1 Å². The number of ether oxygens (including phenoxy) is 1. The molecule has 4 rings (SSSR count). The van der Waals surface area contributed by atoms with Crippen molar-refractivity contribution in [3.8, 4) is 0 Å². The molecule has 2 aliphatic rings. The number of nitrogens with one attached hydrogen (secondary N) is 1. The second-order valence-electron chi connectivity index (χ2n) is 7.43. The number of fused-ring (bicyclic) bond motifs is 3. The first-order valence-electron chi connectivity index (χ1n) is 9.45. The molecule has 3 heteroatoms. The van der Waals surface area contributed by atoms with E-state index in [9.17, 15) is 4.39 Å². The van der Waals surface area contributed by atoms with Crippen molar-refractivity contribution < 1.29 is 9.13 Å². The maximum Gasteiger partial charge on any atom is 0.123 e. The van der Waals surface area contributed by atoms with Gasteiger partial charge in [0.25, 0.3) is 0 Å². The van der Waals surface area contributed by atoms with Crippen LogP contribution in [0.2, 0.25) is 0 Å². The first-order chi connectivity index (χ1) is 12.2. The molecule has 0 aliphatic carbocycles. The van der Waals surface area contributed by atoms with Crippen LogP contribution in [-0.4, -0.2) is 6.61 Å². The topological polar surface area (TPSA) is 21.3 Å². The lowest BCUT2D eigenvalue weighted by molar-refractivity contribution is -0.0382. The average molecular weight is 339 g/mol. The number of rotatable bonds is 3. The van der Waals surface area contributed by atoms with E-state index >= 15 is 0 Å². The number of halogens is 1. The summed E-state index contributed by atoms with van der Waals surface area (Å²) in [6, 6.07) is 13.8. The normalized spacial score (nSPS) is 26.3. The van der Waals surface area contributed by atoms with Gasteiger partial charge in [0.15, 0.2) is 0 Å². The van der Waals surface area contributed by atoms with E-state index in [2.05, 4.69) is 37.4 Å². The Hall–Kier alpha value is -1.87. The molecule has 0 aromatic heterocycles. The van der Waals surface area contributed by atoms with Gasteiger partial charge in [-0.2, -0.15) is 0 Å². The third-order valence-electron chi connectivity index (χ3n) is 5.88. The van der Waals surface area contributed by atoms with E-state index in [1.54, 1.807) is 12.1 Å². The maximum absolute atomic E-state index is 13.8. The van der Waals surface area contributed by atoms with Crippen LogP contribution >= 0.6 is 0 Å². The van der Waals surface area contributed by atoms with Crippen molar-refractivity contribution in [2.45, 2.75) is 51.2 Å². The van der Waals surface area contributed by atoms with E-state index in [1.807, 2.05) is 6.07 Å². The van der Waals surface area contributed by atoms with Crippen LogP contribution in [0.25, 0.3) is 0 Å². The lowest BCUT2D eigenvalue weighted by Gasteiger charge is -2.43. The van der Waals surface area contributed by atoms with Gasteiger partial charge < -0.3 is 10.1 Å². The van der Waals surface area contributed by atoms with Gasteiger partial charge in [-0.3, -0.25) is 0 Å². The third kappa shape index (κ3) is 3.06. The van der Waals surface area contributed by atoms with Crippen LogP contribution in [0.1, 0.15) is 67.9 Å². The Balaban J connectivity index is 1.75. The summed E-state index contributed by atoms with van der Waals surface area (Å²) >= 11 is 0. The number of hydrogen-bond acceptors (Lipinski definition) is 2. The van der Waals surface area contributed by atoms with Crippen molar-refractivity contribution in [1.82, 2.24) is 0 Å². The van der Waals surface area contributed by atoms with Gasteiger partial charge in [0, 0.05) is 23.8 Å². The zero-order chi connectivity index (χ0) is 17.4. The van der Waals surface area contributed by atoms with E-state index in [-0.39, 0.29) is 18.0 Å². The highest BCUT2D eigenvalue weighted by molar-refractivity contribution is 5.58. The molecule has 2 nitrogen and oxygen atoms in total. The molecular formula is C22H26FNO. The lowest BCUT2D eigenvalue weighted by Crippen LogP contribution is -2.36. The lowest BCUT2D eigenvalue weighted by atomic mass is 9.77. The fraction of sp³-hybridized carbons (Fsp3) is 0.455. The predicted molar refractivity (Wildman–Crippen MR) is 99.3 cm³/mol. The predicted octanol–water partition coefficient (Wildman–Crippen LogP) is 5.97. The van der Waals surface area contributed by atoms with E-state index in [1.165, 1.54) is 17.2 Å². The molecule has 1 fully saturated rings. The Kier molecular flexibility index (Phi) is 4.51. The molecule has 4 atom stereocenters. The zero-order valence-electron chi connectivity index (χ0n) is 15.0. The third-order valence-corrected chi connectivity index (χ3v) is 5.88. The summed E-state index contributed by atoms with van der Waals surface area (Å²) in [7, 11) is 0. The monoisotopic (exact) mass is 339 g/mol. The Morgan fingerprint density at radius 1 is 1.24 bits per heavy atom. The van der Waals surface area contributed by atoms with E-state index in [0.29, 0.717) is 11.8 Å². The minimum atomic E-state index is -0.175. The second kappa shape index (κ2) is 6.80. The molecule has 0 spiro atoms. The van der Waals surface area contributed by atoms with E-state index in [4.69, 9.17) is 4.74 Å². The van der Waals surface area contributed by atoms with Gasteiger partial charge in [-0.1, -0.05) is 38.1 Å². The zero-order valence-corrected chi connectivity index (χ0v) is 15.0. The molecule has 1 saturated heterocycles. The number of benzene rings is 2. The van der Waals surface area contributed by atoms with Gasteiger partial charge >= 0.3 is 0 Å².